The predicted molar refractivity (Wildman–Crippen MR) is 87.7 cm³/mol. The summed E-state index contributed by atoms with van der Waals surface area (Å²) >= 11 is 4.68. The molecule has 0 saturated heterocycles. The Morgan fingerprint density at radius 3 is 2.24 bits per heavy atom. The summed E-state index contributed by atoms with van der Waals surface area (Å²) < 4.78 is 27.7. The Morgan fingerprint density at radius 1 is 1.19 bits per heavy atom. The maximum Gasteiger partial charge on any atom is 0.182 e. The molecule has 0 spiro atoms. The van der Waals surface area contributed by atoms with Crippen LogP contribution in [0, 0.1) is 11.6 Å². The van der Waals surface area contributed by atoms with Gasteiger partial charge in [-0.05, 0) is 39.8 Å². The van der Waals surface area contributed by atoms with Gasteiger partial charge in [0, 0.05) is 30.7 Å². The molecule has 21 heavy (non-hydrogen) atoms. The lowest BCUT2D eigenvalue weighted by atomic mass is 10.1. The summed E-state index contributed by atoms with van der Waals surface area (Å²) in [7, 11) is 0. The van der Waals surface area contributed by atoms with Gasteiger partial charge in [0.25, 0.3) is 0 Å². The van der Waals surface area contributed by atoms with Crippen molar-refractivity contribution in [2.75, 3.05) is 18.4 Å². The molecule has 0 bridgehead atoms. The number of benzene rings is 1. The second kappa shape index (κ2) is 7.66. The average Bonchev–Trinajstić information content (AvgIpc) is 2.37. The molecule has 0 saturated carbocycles. The van der Waals surface area contributed by atoms with E-state index < -0.39 is 11.6 Å². The van der Waals surface area contributed by atoms with Crippen molar-refractivity contribution in [3.05, 3.63) is 29.3 Å². The van der Waals surface area contributed by atoms with Gasteiger partial charge in [0.15, 0.2) is 11.6 Å². The molecule has 6 heteroatoms. The molecule has 3 N–H and O–H groups in total. The van der Waals surface area contributed by atoms with Crippen LogP contribution in [0.15, 0.2) is 12.1 Å². The number of nitrogens with two attached hydrogens (primary N) is 1. The highest BCUT2D eigenvalue weighted by atomic mass is 32.1. The zero-order valence-electron chi connectivity index (χ0n) is 12.9. The molecular formula is C15H23F2N3S. The molecule has 0 aliphatic heterocycles. The Balaban J connectivity index is 2.73. The summed E-state index contributed by atoms with van der Waals surface area (Å²) in [4.78, 5) is 2.12. The molecule has 0 unspecified atom stereocenters. The number of hydrogen-bond acceptors (Lipinski definition) is 3. The quantitative estimate of drug-likeness (QED) is 0.759. The smallest absolute Gasteiger partial charge is 0.182 e. The third-order valence-corrected chi connectivity index (χ3v) is 3.58. The van der Waals surface area contributed by atoms with Gasteiger partial charge in [-0.15, -0.1) is 0 Å². The average molecular weight is 315 g/mol. The van der Waals surface area contributed by atoms with Crippen LogP contribution in [-0.4, -0.2) is 35.1 Å². The molecule has 1 rings (SSSR count). The van der Waals surface area contributed by atoms with E-state index in [1.807, 2.05) is 0 Å². The molecule has 118 valence electrons. The number of anilines is 1. The van der Waals surface area contributed by atoms with Crippen LogP contribution in [0.3, 0.4) is 0 Å². The van der Waals surface area contributed by atoms with Gasteiger partial charge >= 0.3 is 0 Å². The van der Waals surface area contributed by atoms with Crippen molar-refractivity contribution in [1.82, 2.24) is 4.90 Å². The standard InChI is InChI=1S/C15H23F2N3S/c1-9(2)20(10(3)4)8-7-19-12-6-5-11(15(18)21)13(16)14(12)17/h5-6,9-10,19H,7-8H2,1-4H3,(H2,18,21). The van der Waals surface area contributed by atoms with Crippen LogP contribution in [0.1, 0.15) is 33.3 Å². The second-order valence-electron chi connectivity index (χ2n) is 5.50. The van der Waals surface area contributed by atoms with Crippen LogP contribution in [0.5, 0.6) is 0 Å². The molecule has 1 aromatic rings. The third kappa shape index (κ3) is 4.61. The summed E-state index contributed by atoms with van der Waals surface area (Å²) in [6, 6.07) is 3.64. The van der Waals surface area contributed by atoms with E-state index in [4.69, 9.17) is 5.73 Å². The summed E-state index contributed by atoms with van der Waals surface area (Å²) in [6.07, 6.45) is 0. The predicted octanol–water partition coefficient (Wildman–Crippen LogP) is 3.13. The molecule has 0 fully saturated rings. The van der Waals surface area contributed by atoms with E-state index >= 15 is 0 Å². The van der Waals surface area contributed by atoms with Crippen LogP contribution in [-0.2, 0) is 0 Å². The molecule has 0 amide bonds. The van der Waals surface area contributed by atoms with E-state index in [1.165, 1.54) is 12.1 Å². The van der Waals surface area contributed by atoms with Crippen LogP contribution >= 0.6 is 12.2 Å². The molecule has 3 nitrogen and oxygen atoms in total. The molecule has 0 aliphatic rings. The van der Waals surface area contributed by atoms with Crippen molar-refractivity contribution >= 4 is 22.9 Å². The van der Waals surface area contributed by atoms with Crippen LogP contribution in [0.2, 0.25) is 0 Å². The van der Waals surface area contributed by atoms with Crippen molar-refractivity contribution in [3.8, 4) is 0 Å². The number of halogens is 2. The first kappa shape index (κ1) is 17.8. The second-order valence-corrected chi connectivity index (χ2v) is 5.94. The van der Waals surface area contributed by atoms with Gasteiger partial charge in [-0.3, -0.25) is 4.90 Å². The maximum absolute atomic E-state index is 13.9. The monoisotopic (exact) mass is 315 g/mol. The minimum Gasteiger partial charge on any atom is -0.389 e. The van der Waals surface area contributed by atoms with E-state index in [0.717, 1.165) is 6.54 Å². The maximum atomic E-state index is 13.9. The Kier molecular flexibility index (Phi) is 6.48. The lowest BCUT2D eigenvalue weighted by molar-refractivity contribution is 0.182. The minimum absolute atomic E-state index is 0.0703. The third-order valence-electron chi connectivity index (χ3n) is 3.36. The van der Waals surface area contributed by atoms with E-state index in [9.17, 15) is 8.78 Å². The van der Waals surface area contributed by atoms with Gasteiger partial charge in [-0.25, -0.2) is 8.78 Å². The van der Waals surface area contributed by atoms with Crippen molar-refractivity contribution in [2.45, 2.75) is 39.8 Å². The lowest BCUT2D eigenvalue weighted by Gasteiger charge is -2.30. The Hall–Kier alpha value is -1.27. The molecular weight excluding hydrogens is 292 g/mol. The molecule has 0 radical (unpaired) electrons. The van der Waals surface area contributed by atoms with Gasteiger partial charge in [-0.1, -0.05) is 12.2 Å². The lowest BCUT2D eigenvalue weighted by Crippen LogP contribution is -2.40. The topological polar surface area (TPSA) is 41.3 Å². The number of rotatable bonds is 7. The molecule has 0 atom stereocenters. The number of nitrogens with one attached hydrogen (secondary N) is 1. The molecule has 0 heterocycles. The van der Waals surface area contributed by atoms with E-state index in [-0.39, 0.29) is 16.2 Å². The molecule has 1 aromatic carbocycles. The fraction of sp³-hybridized carbons (Fsp3) is 0.533. The number of hydrogen-bond donors (Lipinski definition) is 2. The summed E-state index contributed by atoms with van der Waals surface area (Å²) in [5.41, 5.74) is 5.39. The van der Waals surface area contributed by atoms with Gasteiger partial charge in [-0.2, -0.15) is 0 Å². The SMILES string of the molecule is CC(C)N(CCNc1ccc(C(N)=S)c(F)c1F)C(C)C. The van der Waals surface area contributed by atoms with Crippen molar-refractivity contribution in [3.63, 3.8) is 0 Å². The number of thiocarbonyl (C=S) groups is 1. The van der Waals surface area contributed by atoms with Gasteiger partial charge in [0.2, 0.25) is 0 Å². The van der Waals surface area contributed by atoms with Gasteiger partial charge in [0.05, 0.1) is 5.69 Å². The Bertz CT molecular complexity index is 496. The Morgan fingerprint density at radius 2 is 1.76 bits per heavy atom. The van der Waals surface area contributed by atoms with Crippen LogP contribution < -0.4 is 11.1 Å². The normalized spacial score (nSPS) is 11.5. The highest BCUT2D eigenvalue weighted by Crippen LogP contribution is 2.20. The van der Waals surface area contributed by atoms with Gasteiger partial charge < -0.3 is 11.1 Å². The zero-order valence-corrected chi connectivity index (χ0v) is 13.7. The fourth-order valence-corrected chi connectivity index (χ4v) is 2.47. The minimum atomic E-state index is -1.00. The van der Waals surface area contributed by atoms with E-state index in [1.54, 1.807) is 0 Å². The zero-order chi connectivity index (χ0) is 16.2. The van der Waals surface area contributed by atoms with Crippen LogP contribution in [0.25, 0.3) is 0 Å². The van der Waals surface area contributed by atoms with Crippen LogP contribution in [0.4, 0.5) is 14.5 Å². The first-order valence-electron chi connectivity index (χ1n) is 7.03. The largest absolute Gasteiger partial charge is 0.389 e. The van der Waals surface area contributed by atoms with Crippen molar-refractivity contribution in [1.29, 1.82) is 0 Å². The first-order chi connectivity index (χ1) is 9.75. The van der Waals surface area contributed by atoms with Crippen molar-refractivity contribution < 1.29 is 8.78 Å². The van der Waals surface area contributed by atoms with E-state index in [2.05, 4.69) is 50.1 Å². The highest BCUT2D eigenvalue weighted by Gasteiger charge is 2.16. The van der Waals surface area contributed by atoms with Gasteiger partial charge in [0.1, 0.15) is 4.99 Å². The fourth-order valence-electron chi connectivity index (χ4n) is 2.31. The summed E-state index contributed by atoms with van der Waals surface area (Å²) in [6.45, 7) is 9.70. The molecule has 0 aromatic heterocycles. The van der Waals surface area contributed by atoms with Crippen molar-refractivity contribution in [2.24, 2.45) is 5.73 Å². The van der Waals surface area contributed by atoms with E-state index in [0.29, 0.717) is 18.6 Å². The summed E-state index contributed by atoms with van der Waals surface area (Å²) in [5, 5.41) is 2.92. The molecule has 0 aliphatic carbocycles. The number of nitrogens with zero attached hydrogens (tertiary/aromatic N) is 1. The Labute approximate surface area is 130 Å². The first-order valence-corrected chi connectivity index (χ1v) is 7.44. The highest BCUT2D eigenvalue weighted by molar-refractivity contribution is 7.80. The summed E-state index contributed by atoms with van der Waals surface area (Å²) in [5.74, 6) is -1.95.